The normalized spacial score (nSPS) is 10.2. The fraction of sp³-hybridized carbons (Fsp3) is 0.188. The summed E-state index contributed by atoms with van der Waals surface area (Å²) in [5.41, 5.74) is 7.43. The van der Waals surface area contributed by atoms with Gasteiger partial charge in [0.25, 0.3) is 5.91 Å². The van der Waals surface area contributed by atoms with Crippen LogP contribution >= 0.6 is 0 Å². The maximum absolute atomic E-state index is 13.2. The van der Waals surface area contributed by atoms with Crippen molar-refractivity contribution in [2.75, 3.05) is 17.7 Å². The molecule has 0 radical (unpaired) electrons. The maximum atomic E-state index is 13.2. The molecule has 2 aromatic carbocycles. The summed E-state index contributed by atoms with van der Waals surface area (Å²) < 4.78 is 18.7. The summed E-state index contributed by atoms with van der Waals surface area (Å²) in [5.74, 6) is -0.279. The standard InChI is InChI=1S/C16H17FN2O2/c1-3-21-14-6-4-5-13(18)15(14)16(20)19-11-7-8-12(17)10(2)9-11/h4-9H,3,18H2,1-2H3,(H,19,20). The van der Waals surface area contributed by atoms with Crippen LogP contribution in [-0.4, -0.2) is 12.5 Å². The minimum Gasteiger partial charge on any atom is -0.493 e. The lowest BCUT2D eigenvalue weighted by Gasteiger charge is -2.13. The van der Waals surface area contributed by atoms with Gasteiger partial charge in [-0.15, -0.1) is 0 Å². The van der Waals surface area contributed by atoms with Crippen molar-refractivity contribution >= 4 is 17.3 Å². The van der Waals surface area contributed by atoms with E-state index in [0.29, 0.717) is 29.3 Å². The molecule has 0 atom stereocenters. The third-order valence-corrected chi connectivity index (χ3v) is 3.00. The van der Waals surface area contributed by atoms with Gasteiger partial charge in [-0.3, -0.25) is 4.79 Å². The highest BCUT2D eigenvalue weighted by molar-refractivity contribution is 6.09. The van der Waals surface area contributed by atoms with Gasteiger partial charge >= 0.3 is 0 Å². The van der Waals surface area contributed by atoms with Crippen molar-refractivity contribution in [3.8, 4) is 5.75 Å². The number of nitrogens with one attached hydrogen (secondary N) is 1. The first-order valence-corrected chi connectivity index (χ1v) is 6.61. The Kier molecular flexibility index (Phi) is 4.42. The first-order valence-electron chi connectivity index (χ1n) is 6.61. The Morgan fingerprint density at radius 2 is 2.10 bits per heavy atom. The number of hydrogen-bond donors (Lipinski definition) is 2. The van der Waals surface area contributed by atoms with Crippen molar-refractivity contribution in [1.29, 1.82) is 0 Å². The zero-order valence-electron chi connectivity index (χ0n) is 11.9. The monoisotopic (exact) mass is 288 g/mol. The van der Waals surface area contributed by atoms with E-state index in [2.05, 4.69) is 5.32 Å². The lowest BCUT2D eigenvalue weighted by atomic mass is 10.1. The molecule has 0 spiro atoms. The molecule has 0 aliphatic carbocycles. The van der Waals surface area contributed by atoms with Crippen molar-refractivity contribution in [2.45, 2.75) is 13.8 Å². The number of nitrogen functional groups attached to an aromatic ring is 1. The highest BCUT2D eigenvalue weighted by Gasteiger charge is 2.16. The SMILES string of the molecule is CCOc1cccc(N)c1C(=O)Nc1ccc(F)c(C)c1. The molecule has 0 heterocycles. The highest BCUT2D eigenvalue weighted by Crippen LogP contribution is 2.26. The fourth-order valence-electron chi connectivity index (χ4n) is 1.98. The lowest BCUT2D eigenvalue weighted by Crippen LogP contribution is -2.16. The van der Waals surface area contributed by atoms with Crippen molar-refractivity contribution in [1.82, 2.24) is 0 Å². The summed E-state index contributed by atoms with van der Waals surface area (Å²) in [6.45, 7) is 3.89. The van der Waals surface area contributed by atoms with Gasteiger partial charge in [0.15, 0.2) is 0 Å². The van der Waals surface area contributed by atoms with Crippen molar-refractivity contribution in [3.05, 3.63) is 53.3 Å². The fourth-order valence-corrected chi connectivity index (χ4v) is 1.98. The van der Waals surface area contributed by atoms with E-state index in [0.717, 1.165) is 0 Å². The summed E-state index contributed by atoms with van der Waals surface area (Å²) in [5, 5.41) is 2.70. The van der Waals surface area contributed by atoms with E-state index in [1.54, 1.807) is 31.2 Å². The van der Waals surface area contributed by atoms with E-state index in [4.69, 9.17) is 10.5 Å². The molecule has 1 amide bonds. The Hall–Kier alpha value is -2.56. The van der Waals surface area contributed by atoms with Crippen LogP contribution in [0.5, 0.6) is 5.75 Å². The van der Waals surface area contributed by atoms with Crippen LogP contribution in [0.15, 0.2) is 36.4 Å². The number of amides is 1. The zero-order chi connectivity index (χ0) is 15.4. The molecule has 4 nitrogen and oxygen atoms in total. The second kappa shape index (κ2) is 6.26. The first-order chi connectivity index (χ1) is 10.0. The lowest BCUT2D eigenvalue weighted by molar-refractivity contribution is 0.102. The molecule has 21 heavy (non-hydrogen) atoms. The molecule has 0 aromatic heterocycles. The predicted octanol–water partition coefficient (Wildman–Crippen LogP) is 3.37. The number of aryl methyl sites for hydroxylation is 1. The van der Waals surface area contributed by atoms with Gasteiger partial charge in [0.2, 0.25) is 0 Å². The van der Waals surface area contributed by atoms with E-state index in [9.17, 15) is 9.18 Å². The van der Waals surface area contributed by atoms with Gasteiger partial charge in [-0.2, -0.15) is 0 Å². The summed E-state index contributed by atoms with van der Waals surface area (Å²) in [6, 6.07) is 9.41. The van der Waals surface area contributed by atoms with Gasteiger partial charge in [0.05, 0.1) is 6.61 Å². The van der Waals surface area contributed by atoms with Crippen molar-refractivity contribution in [2.24, 2.45) is 0 Å². The Balaban J connectivity index is 2.29. The summed E-state index contributed by atoms with van der Waals surface area (Å²) >= 11 is 0. The van der Waals surface area contributed by atoms with Crippen LogP contribution in [0.2, 0.25) is 0 Å². The van der Waals surface area contributed by atoms with Crippen molar-refractivity contribution < 1.29 is 13.9 Å². The van der Waals surface area contributed by atoms with Gasteiger partial charge in [-0.25, -0.2) is 4.39 Å². The zero-order valence-corrected chi connectivity index (χ0v) is 11.9. The average molecular weight is 288 g/mol. The third-order valence-electron chi connectivity index (χ3n) is 3.00. The summed E-state index contributed by atoms with van der Waals surface area (Å²) in [6.07, 6.45) is 0. The second-order valence-corrected chi connectivity index (χ2v) is 4.57. The summed E-state index contributed by atoms with van der Waals surface area (Å²) in [4.78, 5) is 12.4. The molecule has 5 heteroatoms. The number of ether oxygens (including phenoxy) is 1. The van der Waals surface area contributed by atoms with Crippen LogP contribution in [-0.2, 0) is 0 Å². The van der Waals surface area contributed by atoms with E-state index in [-0.39, 0.29) is 17.3 Å². The van der Waals surface area contributed by atoms with Crippen LogP contribution in [0.25, 0.3) is 0 Å². The molecule has 0 bridgehead atoms. The Bertz CT molecular complexity index is 671. The van der Waals surface area contributed by atoms with Crippen LogP contribution in [0.3, 0.4) is 0 Å². The van der Waals surface area contributed by atoms with Crippen LogP contribution < -0.4 is 15.8 Å². The molecule has 0 unspecified atom stereocenters. The molecular weight excluding hydrogens is 271 g/mol. The minimum absolute atomic E-state index is 0.279. The Morgan fingerprint density at radius 1 is 1.33 bits per heavy atom. The molecule has 0 saturated heterocycles. The molecule has 0 aliphatic rings. The third kappa shape index (κ3) is 3.31. The van der Waals surface area contributed by atoms with Crippen LogP contribution in [0, 0.1) is 12.7 Å². The maximum Gasteiger partial charge on any atom is 0.261 e. The topological polar surface area (TPSA) is 64.3 Å². The molecule has 2 rings (SSSR count). The Morgan fingerprint density at radius 3 is 2.76 bits per heavy atom. The van der Waals surface area contributed by atoms with Gasteiger partial charge in [-0.1, -0.05) is 6.07 Å². The van der Waals surface area contributed by atoms with Gasteiger partial charge in [0, 0.05) is 11.4 Å². The van der Waals surface area contributed by atoms with E-state index in [1.807, 2.05) is 6.92 Å². The average Bonchev–Trinajstić information content (AvgIpc) is 2.43. The van der Waals surface area contributed by atoms with Gasteiger partial charge in [-0.05, 0) is 49.7 Å². The number of carbonyl (C=O) groups excluding carboxylic acids is 1. The highest BCUT2D eigenvalue weighted by atomic mass is 19.1. The number of benzene rings is 2. The van der Waals surface area contributed by atoms with E-state index < -0.39 is 0 Å². The van der Waals surface area contributed by atoms with Crippen molar-refractivity contribution in [3.63, 3.8) is 0 Å². The van der Waals surface area contributed by atoms with Crippen LogP contribution in [0.1, 0.15) is 22.8 Å². The molecular formula is C16H17FN2O2. The number of carbonyl (C=O) groups is 1. The molecule has 2 aromatic rings. The molecule has 110 valence electrons. The molecule has 0 aliphatic heterocycles. The van der Waals surface area contributed by atoms with E-state index >= 15 is 0 Å². The van der Waals surface area contributed by atoms with E-state index in [1.165, 1.54) is 12.1 Å². The minimum atomic E-state index is -0.387. The molecule has 3 N–H and O–H groups in total. The number of hydrogen-bond acceptors (Lipinski definition) is 3. The Labute approximate surface area is 122 Å². The predicted molar refractivity (Wildman–Crippen MR) is 81.1 cm³/mol. The van der Waals surface area contributed by atoms with Crippen LogP contribution in [0.4, 0.5) is 15.8 Å². The number of halogens is 1. The largest absolute Gasteiger partial charge is 0.493 e. The second-order valence-electron chi connectivity index (χ2n) is 4.57. The number of nitrogens with two attached hydrogens (primary N) is 1. The number of anilines is 2. The summed E-state index contributed by atoms with van der Waals surface area (Å²) in [7, 11) is 0. The first kappa shape index (κ1) is 14.8. The van der Waals surface area contributed by atoms with Gasteiger partial charge < -0.3 is 15.8 Å². The van der Waals surface area contributed by atoms with Gasteiger partial charge in [0.1, 0.15) is 17.1 Å². The quantitative estimate of drug-likeness (QED) is 0.848. The molecule has 0 fully saturated rings. The number of rotatable bonds is 4. The smallest absolute Gasteiger partial charge is 0.261 e. The molecule has 0 saturated carbocycles.